The van der Waals surface area contributed by atoms with Crippen LogP contribution in [0, 0.1) is 19.3 Å². The second-order valence-electron chi connectivity index (χ2n) is 9.52. The van der Waals surface area contributed by atoms with Crippen LogP contribution in [0.15, 0.2) is 59.5 Å². The average Bonchev–Trinajstić information content (AvgIpc) is 2.72. The summed E-state index contributed by atoms with van der Waals surface area (Å²) in [6.45, 7) is 8.26. The summed E-state index contributed by atoms with van der Waals surface area (Å²) in [6, 6.07) is 15.3. The van der Waals surface area contributed by atoms with Crippen LogP contribution in [0.5, 0.6) is 0 Å². The molecule has 1 aromatic heterocycles. The largest absolute Gasteiger partial charge is 0.348 e. The van der Waals surface area contributed by atoms with Gasteiger partial charge >= 0.3 is 0 Å². The quantitative estimate of drug-likeness (QED) is 0.663. The standard InChI is InChI=1S/C27H28N2O3/c1-17-8-10-20(11-9-17)29-16-22-21(13-27(3,4)14-23(22)30)24(26(29)32)25(31)28-15-19-7-5-6-18(2)12-19/h5-12,16H,13-15H2,1-4H3,(H,28,31). The molecule has 1 amide bonds. The van der Waals surface area contributed by atoms with Crippen molar-refractivity contribution in [3.05, 3.63) is 98.5 Å². The molecule has 0 bridgehead atoms. The number of hydrogen-bond acceptors (Lipinski definition) is 3. The van der Waals surface area contributed by atoms with Gasteiger partial charge in [-0.3, -0.25) is 19.0 Å². The minimum Gasteiger partial charge on any atom is -0.348 e. The molecule has 1 heterocycles. The third kappa shape index (κ3) is 4.28. The first kappa shape index (κ1) is 21.8. The second kappa shape index (κ2) is 8.23. The zero-order valence-electron chi connectivity index (χ0n) is 19.0. The van der Waals surface area contributed by atoms with Crippen LogP contribution in [0.3, 0.4) is 0 Å². The molecule has 0 aliphatic heterocycles. The number of carbonyl (C=O) groups is 2. The van der Waals surface area contributed by atoms with Crippen molar-refractivity contribution in [1.29, 1.82) is 0 Å². The van der Waals surface area contributed by atoms with E-state index in [1.165, 1.54) is 4.57 Å². The maximum atomic E-state index is 13.5. The van der Waals surface area contributed by atoms with Crippen molar-refractivity contribution in [2.45, 2.75) is 47.1 Å². The molecule has 0 saturated carbocycles. The molecule has 1 aliphatic rings. The Morgan fingerprint density at radius 2 is 1.72 bits per heavy atom. The summed E-state index contributed by atoms with van der Waals surface area (Å²) in [4.78, 5) is 39.9. The summed E-state index contributed by atoms with van der Waals surface area (Å²) in [6.07, 6.45) is 2.50. The average molecular weight is 429 g/mol. The van der Waals surface area contributed by atoms with Crippen LogP contribution >= 0.6 is 0 Å². The smallest absolute Gasteiger partial charge is 0.268 e. The number of amides is 1. The first-order valence-corrected chi connectivity index (χ1v) is 10.9. The molecule has 5 heteroatoms. The monoisotopic (exact) mass is 428 g/mol. The molecule has 0 unspecified atom stereocenters. The predicted molar refractivity (Wildman–Crippen MR) is 126 cm³/mol. The van der Waals surface area contributed by atoms with Crippen molar-refractivity contribution in [2.75, 3.05) is 0 Å². The zero-order valence-corrected chi connectivity index (χ0v) is 19.0. The van der Waals surface area contributed by atoms with E-state index in [0.717, 1.165) is 16.7 Å². The summed E-state index contributed by atoms with van der Waals surface area (Å²) in [7, 11) is 0. The molecule has 1 aliphatic carbocycles. The molecule has 0 atom stereocenters. The molecule has 1 N–H and O–H groups in total. The van der Waals surface area contributed by atoms with Crippen LogP contribution in [0.1, 0.15) is 63.2 Å². The van der Waals surface area contributed by atoms with Crippen LogP contribution in [0.2, 0.25) is 0 Å². The van der Waals surface area contributed by atoms with Gasteiger partial charge in [0.25, 0.3) is 11.5 Å². The van der Waals surface area contributed by atoms with E-state index in [9.17, 15) is 14.4 Å². The Morgan fingerprint density at radius 3 is 2.41 bits per heavy atom. The number of rotatable bonds is 4. The van der Waals surface area contributed by atoms with Crippen molar-refractivity contribution >= 4 is 11.7 Å². The number of hydrogen-bond donors (Lipinski definition) is 1. The normalized spacial score (nSPS) is 14.7. The summed E-state index contributed by atoms with van der Waals surface area (Å²) >= 11 is 0. The van der Waals surface area contributed by atoms with Gasteiger partial charge in [0.1, 0.15) is 5.56 Å². The van der Waals surface area contributed by atoms with Gasteiger partial charge in [-0.1, -0.05) is 61.4 Å². The highest BCUT2D eigenvalue weighted by atomic mass is 16.2. The Morgan fingerprint density at radius 1 is 1.00 bits per heavy atom. The lowest BCUT2D eigenvalue weighted by Gasteiger charge is -2.31. The first-order valence-electron chi connectivity index (χ1n) is 10.9. The van der Waals surface area contributed by atoms with Crippen LogP contribution in [0.25, 0.3) is 5.69 Å². The van der Waals surface area contributed by atoms with Gasteiger partial charge in [-0.2, -0.15) is 0 Å². The van der Waals surface area contributed by atoms with Gasteiger partial charge in [-0.25, -0.2) is 0 Å². The summed E-state index contributed by atoms with van der Waals surface area (Å²) in [5.74, 6) is -0.482. The number of nitrogens with zero attached hydrogens (tertiary/aromatic N) is 1. The number of aryl methyl sites for hydroxylation is 2. The summed E-state index contributed by atoms with van der Waals surface area (Å²) in [5, 5.41) is 2.90. The number of benzene rings is 2. The minimum absolute atomic E-state index is 0.0372. The minimum atomic E-state index is -0.445. The van der Waals surface area contributed by atoms with Gasteiger partial charge in [0.15, 0.2) is 5.78 Å². The molecule has 0 spiro atoms. The Kier molecular flexibility index (Phi) is 5.59. The lowest BCUT2D eigenvalue weighted by molar-refractivity contribution is 0.0909. The molecular weight excluding hydrogens is 400 g/mol. The highest BCUT2D eigenvalue weighted by Gasteiger charge is 2.35. The third-order valence-corrected chi connectivity index (χ3v) is 5.99. The maximum absolute atomic E-state index is 13.5. The SMILES string of the molecule is Cc1ccc(-n2cc3c(c(C(=O)NCc4cccc(C)c4)c2=O)CC(C)(C)CC3=O)cc1. The van der Waals surface area contributed by atoms with E-state index in [4.69, 9.17) is 0 Å². The number of ketones is 1. The molecule has 5 nitrogen and oxygen atoms in total. The van der Waals surface area contributed by atoms with Crippen LogP contribution < -0.4 is 10.9 Å². The van der Waals surface area contributed by atoms with Crippen LogP contribution in [-0.2, 0) is 13.0 Å². The van der Waals surface area contributed by atoms with E-state index in [2.05, 4.69) is 5.32 Å². The van der Waals surface area contributed by atoms with Crippen LogP contribution in [0.4, 0.5) is 0 Å². The molecule has 164 valence electrons. The van der Waals surface area contributed by atoms with Crippen molar-refractivity contribution in [1.82, 2.24) is 9.88 Å². The van der Waals surface area contributed by atoms with E-state index in [0.29, 0.717) is 36.2 Å². The van der Waals surface area contributed by atoms with Crippen LogP contribution in [-0.4, -0.2) is 16.3 Å². The topological polar surface area (TPSA) is 68.2 Å². The van der Waals surface area contributed by atoms with Gasteiger partial charge in [0.05, 0.1) is 0 Å². The molecule has 2 aromatic carbocycles. The van der Waals surface area contributed by atoms with Gasteiger partial charge in [0.2, 0.25) is 0 Å². The van der Waals surface area contributed by atoms with E-state index >= 15 is 0 Å². The summed E-state index contributed by atoms with van der Waals surface area (Å²) < 4.78 is 1.43. The molecule has 4 rings (SSSR count). The fourth-order valence-electron chi connectivity index (χ4n) is 4.37. The predicted octanol–water partition coefficient (Wildman–Crippen LogP) is 4.54. The third-order valence-electron chi connectivity index (χ3n) is 5.99. The van der Waals surface area contributed by atoms with E-state index in [1.807, 2.05) is 76.2 Å². The number of fused-ring (bicyclic) bond motifs is 1. The second-order valence-corrected chi connectivity index (χ2v) is 9.52. The molecule has 0 saturated heterocycles. The summed E-state index contributed by atoms with van der Waals surface area (Å²) in [5.41, 5.74) is 4.13. The zero-order chi connectivity index (χ0) is 23.0. The number of aromatic nitrogens is 1. The van der Waals surface area contributed by atoms with E-state index < -0.39 is 11.5 Å². The lowest BCUT2D eigenvalue weighted by Crippen LogP contribution is -2.38. The number of pyridine rings is 1. The van der Waals surface area contributed by atoms with Gasteiger partial charge in [-0.05, 0) is 48.9 Å². The molecule has 0 fully saturated rings. The lowest BCUT2D eigenvalue weighted by atomic mass is 9.73. The molecule has 0 radical (unpaired) electrons. The van der Waals surface area contributed by atoms with Crippen molar-refractivity contribution in [2.24, 2.45) is 5.41 Å². The van der Waals surface area contributed by atoms with Gasteiger partial charge in [-0.15, -0.1) is 0 Å². The van der Waals surface area contributed by atoms with Gasteiger partial charge < -0.3 is 5.32 Å². The number of carbonyl (C=O) groups excluding carboxylic acids is 2. The van der Waals surface area contributed by atoms with E-state index in [-0.39, 0.29) is 16.8 Å². The van der Waals surface area contributed by atoms with E-state index in [1.54, 1.807) is 6.20 Å². The number of nitrogens with one attached hydrogen (secondary N) is 1. The Bertz CT molecular complexity index is 1270. The van der Waals surface area contributed by atoms with Gasteiger partial charge in [0, 0.05) is 30.4 Å². The maximum Gasteiger partial charge on any atom is 0.268 e. The van der Waals surface area contributed by atoms with Crippen molar-refractivity contribution in [3.8, 4) is 5.69 Å². The van der Waals surface area contributed by atoms with Crippen molar-refractivity contribution in [3.63, 3.8) is 0 Å². The fraction of sp³-hybridized carbons (Fsp3) is 0.296. The molecular formula is C27H28N2O3. The highest BCUT2D eigenvalue weighted by molar-refractivity contribution is 6.04. The Labute approximate surface area is 188 Å². The number of Topliss-reactive ketones (excluding diaryl/α,β-unsaturated/α-hetero) is 1. The Balaban J connectivity index is 1.81. The first-order chi connectivity index (χ1) is 15.1. The van der Waals surface area contributed by atoms with Crippen molar-refractivity contribution < 1.29 is 9.59 Å². The highest BCUT2D eigenvalue weighted by Crippen LogP contribution is 2.35. The Hall–Kier alpha value is -3.47. The molecule has 3 aromatic rings. The molecule has 32 heavy (non-hydrogen) atoms. The fourth-order valence-corrected chi connectivity index (χ4v) is 4.37.